The smallest absolute Gasteiger partial charge is 0.296 e. The Balaban J connectivity index is 1.32. The summed E-state index contributed by atoms with van der Waals surface area (Å²) in [5.74, 6) is -0.722. The highest BCUT2D eigenvalue weighted by Gasteiger charge is 2.28. The fourth-order valence-corrected chi connectivity index (χ4v) is 4.90. The van der Waals surface area contributed by atoms with Gasteiger partial charge < -0.3 is 14.0 Å². The number of aryl methyl sites for hydroxylation is 1. The quantitative estimate of drug-likeness (QED) is 0.373. The zero-order valence-corrected chi connectivity index (χ0v) is 19.8. The summed E-state index contributed by atoms with van der Waals surface area (Å²) in [7, 11) is 0. The van der Waals surface area contributed by atoms with Gasteiger partial charge in [0.15, 0.2) is 0 Å². The minimum atomic E-state index is -0.461. The van der Waals surface area contributed by atoms with Gasteiger partial charge in [0.2, 0.25) is 0 Å². The van der Waals surface area contributed by atoms with Gasteiger partial charge in [0.05, 0.1) is 38.1 Å². The van der Waals surface area contributed by atoms with Crippen LogP contribution in [-0.4, -0.2) is 83.2 Å². The van der Waals surface area contributed by atoms with Crippen molar-refractivity contribution in [3.63, 3.8) is 0 Å². The number of pyridine rings is 1. The maximum atomic E-state index is 13.4. The summed E-state index contributed by atoms with van der Waals surface area (Å²) < 4.78 is 26.8. The number of ether oxygens (including phenoxy) is 2. The number of halogens is 1. The molecule has 1 aromatic carbocycles. The minimum Gasteiger partial charge on any atom is -0.380 e. The van der Waals surface area contributed by atoms with E-state index in [2.05, 4.69) is 20.6 Å². The Morgan fingerprint density at radius 1 is 1.11 bits per heavy atom. The Labute approximate surface area is 203 Å². The normalized spacial score (nSPS) is 16.7. The van der Waals surface area contributed by atoms with Crippen LogP contribution in [0.1, 0.15) is 33.6 Å². The van der Waals surface area contributed by atoms with Gasteiger partial charge in [-0.05, 0) is 48.1 Å². The van der Waals surface area contributed by atoms with E-state index in [1.54, 1.807) is 18.3 Å². The van der Waals surface area contributed by atoms with E-state index in [0.29, 0.717) is 31.9 Å². The van der Waals surface area contributed by atoms with Gasteiger partial charge in [-0.15, -0.1) is 0 Å². The molecule has 1 amide bonds. The summed E-state index contributed by atoms with van der Waals surface area (Å²) in [5.41, 5.74) is 4.26. The number of hydrogen-bond donors (Lipinski definition) is 1. The lowest BCUT2D eigenvalue weighted by Crippen LogP contribution is -2.38. The highest BCUT2D eigenvalue weighted by molar-refractivity contribution is 6.00. The van der Waals surface area contributed by atoms with Gasteiger partial charge in [-0.3, -0.25) is 14.9 Å². The number of morpholine rings is 1. The molecule has 186 valence electrons. The number of hydrogen-bond acceptors (Lipinski definition) is 6. The molecule has 4 heterocycles. The molecule has 8 nitrogen and oxygen atoms in total. The van der Waals surface area contributed by atoms with Crippen molar-refractivity contribution in [1.82, 2.24) is 19.5 Å². The summed E-state index contributed by atoms with van der Waals surface area (Å²) >= 11 is 0. The number of fused-ring (bicyclic) bond motifs is 3. The maximum Gasteiger partial charge on any atom is 0.296 e. The molecular weight excluding hydrogens is 451 g/mol. The highest BCUT2D eigenvalue weighted by Crippen LogP contribution is 2.31. The fraction of sp³-hybridized carbons (Fsp3) is 0.462. The molecule has 2 aromatic heterocycles. The van der Waals surface area contributed by atoms with Crippen molar-refractivity contribution >= 4 is 16.8 Å². The largest absolute Gasteiger partial charge is 0.380 e. The van der Waals surface area contributed by atoms with Gasteiger partial charge in [0.25, 0.3) is 5.91 Å². The van der Waals surface area contributed by atoms with E-state index in [9.17, 15) is 14.4 Å². The second kappa shape index (κ2) is 10.8. The standard InChI is InChI=1S/C26H31FN4O4/c27-21-5-3-19(4-6-21)17-30-18-20(2-1-12-34-13-9-29-10-14-35-15-11-29)24-22-7-8-31(33)26(32)25(22)28-16-23(24)30/h3-6,16,18,33H,1-2,7-15,17H2. The third kappa shape index (κ3) is 5.38. The summed E-state index contributed by atoms with van der Waals surface area (Å²) in [6, 6.07) is 6.49. The molecule has 0 radical (unpaired) electrons. The van der Waals surface area contributed by atoms with Crippen LogP contribution in [0.4, 0.5) is 4.39 Å². The number of amides is 1. The van der Waals surface area contributed by atoms with Gasteiger partial charge in [0, 0.05) is 44.4 Å². The molecule has 0 aliphatic carbocycles. The number of aromatic nitrogens is 2. The first-order chi connectivity index (χ1) is 17.1. The van der Waals surface area contributed by atoms with Crippen LogP contribution in [0.15, 0.2) is 36.7 Å². The minimum absolute atomic E-state index is 0.250. The van der Waals surface area contributed by atoms with Crippen LogP contribution < -0.4 is 0 Å². The van der Waals surface area contributed by atoms with Gasteiger partial charge in [-0.25, -0.2) is 14.4 Å². The molecule has 2 aliphatic rings. The Hall–Kier alpha value is -2.85. The predicted octanol–water partition coefficient (Wildman–Crippen LogP) is 2.89. The first kappa shape index (κ1) is 23.9. The first-order valence-electron chi connectivity index (χ1n) is 12.2. The molecule has 0 bridgehead atoms. The third-order valence-electron chi connectivity index (χ3n) is 6.77. The summed E-state index contributed by atoms with van der Waals surface area (Å²) in [6.45, 7) is 6.60. The second-order valence-electron chi connectivity index (χ2n) is 9.10. The molecule has 0 unspecified atom stereocenters. The van der Waals surface area contributed by atoms with Crippen LogP contribution in [0.3, 0.4) is 0 Å². The van der Waals surface area contributed by atoms with Gasteiger partial charge in [-0.2, -0.15) is 0 Å². The molecule has 0 spiro atoms. The molecule has 35 heavy (non-hydrogen) atoms. The molecular formula is C26H31FN4O4. The molecule has 3 aromatic rings. The fourth-order valence-electron chi connectivity index (χ4n) is 4.90. The number of benzene rings is 1. The zero-order valence-electron chi connectivity index (χ0n) is 19.8. The SMILES string of the molecule is O=C1c2ncc3c(c(CCCOCCN4CCOCC4)cn3Cc3ccc(F)cc3)c2CCN1O. The average molecular weight is 483 g/mol. The van der Waals surface area contributed by atoms with E-state index in [4.69, 9.17) is 9.47 Å². The van der Waals surface area contributed by atoms with E-state index < -0.39 is 5.91 Å². The van der Waals surface area contributed by atoms with Crippen LogP contribution in [-0.2, 0) is 28.9 Å². The van der Waals surface area contributed by atoms with E-state index in [0.717, 1.165) is 78.3 Å². The lowest BCUT2D eigenvalue weighted by molar-refractivity contribution is -0.0606. The van der Waals surface area contributed by atoms with Gasteiger partial charge in [-0.1, -0.05) is 12.1 Å². The Morgan fingerprint density at radius 3 is 2.71 bits per heavy atom. The molecule has 0 atom stereocenters. The number of hydroxylamine groups is 2. The Kier molecular flexibility index (Phi) is 7.38. The number of nitrogens with zero attached hydrogens (tertiary/aromatic N) is 4. The van der Waals surface area contributed by atoms with E-state index in [1.165, 1.54) is 12.1 Å². The topological polar surface area (TPSA) is 80.1 Å². The predicted molar refractivity (Wildman–Crippen MR) is 128 cm³/mol. The van der Waals surface area contributed by atoms with Crippen LogP contribution in [0.5, 0.6) is 0 Å². The molecule has 5 rings (SSSR count). The van der Waals surface area contributed by atoms with Crippen molar-refractivity contribution in [1.29, 1.82) is 0 Å². The van der Waals surface area contributed by atoms with Gasteiger partial charge >= 0.3 is 0 Å². The van der Waals surface area contributed by atoms with E-state index >= 15 is 0 Å². The Morgan fingerprint density at radius 2 is 1.91 bits per heavy atom. The summed E-state index contributed by atoms with van der Waals surface area (Å²) in [4.78, 5) is 19.3. The van der Waals surface area contributed by atoms with Crippen molar-refractivity contribution in [2.24, 2.45) is 0 Å². The van der Waals surface area contributed by atoms with Crippen LogP contribution in [0.2, 0.25) is 0 Å². The van der Waals surface area contributed by atoms with Crippen molar-refractivity contribution < 1.29 is 23.9 Å². The molecule has 1 saturated heterocycles. The van der Waals surface area contributed by atoms with Crippen molar-refractivity contribution in [3.05, 3.63) is 64.9 Å². The summed E-state index contributed by atoms with van der Waals surface area (Å²) in [5, 5.41) is 11.7. The first-order valence-corrected chi connectivity index (χ1v) is 12.2. The summed E-state index contributed by atoms with van der Waals surface area (Å²) in [6.07, 6.45) is 6.02. The lowest BCUT2D eigenvalue weighted by Gasteiger charge is -2.26. The van der Waals surface area contributed by atoms with Crippen LogP contribution in [0, 0.1) is 5.82 Å². The van der Waals surface area contributed by atoms with Gasteiger partial charge in [0.1, 0.15) is 11.5 Å². The van der Waals surface area contributed by atoms with Crippen molar-refractivity contribution in [2.75, 3.05) is 52.6 Å². The lowest BCUT2D eigenvalue weighted by atomic mass is 9.97. The van der Waals surface area contributed by atoms with E-state index in [1.807, 2.05) is 0 Å². The monoisotopic (exact) mass is 482 g/mol. The Bertz CT molecular complexity index is 1170. The average Bonchev–Trinajstić information content (AvgIpc) is 3.23. The highest BCUT2D eigenvalue weighted by atomic mass is 19.1. The molecule has 2 aliphatic heterocycles. The number of rotatable bonds is 9. The van der Waals surface area contributed by atoms with Crippen LogP contribution in [0.25, 0.3) is 10.9 Å². The zero-order chi connectivity index (χ0) is 24.2. The van der Waals surface area contributed by atoms with E-state index in [-0.39, 0.29) is 12.4 Å². The van der Waals surface area contributed by atoms with Crippen LogP contribution >= 0.6 is 0 Å². The van der Waals surface area contributed by atoms with Crippen molar-refractivity contribution in [2.45, 2.75) is 25.8 Å². The number of carbonyl (C=O) groups excluding carboxylic acids is 1. The second-order valence-corrected chi connectivity index (χ2v) is 9.10. The number of carbonyl (C=O) groups is 1. The van der Waals surface area contributed by atoms with Crippen molar-refractivity contribution in [3.8, 4) is 0 Å². The maximum absolute atomic E-state index is 13.4. The molecule has 0 saturated carbocycles. The molecule has 1 N–H and O–H groups in total. The molecule has 1 fully saturated rings. The molecule has 9 heteroatoms. The third-order valence-corrected chi connectivity index (χ3v) is 6.77.